The van der Waals surface area contributed by atoms with Crippen molar-refractivity contribution in [3.05, 3.63) is 24.3 Å². The van der Waals surface area contributed by atoms with Crippen molar-refractivity contribution < 1.29 is 19.1 Å². The minimum atomic E-state index is -3.93. The van der Waals surface area contributed by atoms with Gasteiger partial charge >= 0.3 is 7.60 Å². The van der Waals surface area contributed by atoms with Crippen molar-refractivity contribution in [2.75, 3.05) is 25.8 Å². The Balaban J connectivity index is 3.78. The molecular formula is C30H58NO4P. The first-order valence-electron chi connectivity index (χ1n) is 15.0. The quantitative estimate of drug-likeness (QED) is 0.0461. The molecule has 0 aromatic carbocycles. The zero-order valence-electron chi connectivity index (χ0n) is 23.5. The van der Waals surface area contributed by atoms with Gasteiger partial charge in [0.2, 0.25) is 0 Å². The Morgan fingerprint density at radius 3 is 1.50 bits per heavy atom. The molecule has 0 radical (unpaired) electrons. The molecule has 0 amide bonds. The summed E-state index contributed by atoms with van der Waals surface area (Å²) in [6, 6.07) is 0. The number of carbonyl (C=O) groups excluding carboxylic acids is 1. The first-order chi connectivity index (χ1) is 17.5. The molecule has 5 nitrogen and oxygen atoms in total. The molecule has 0 spiro atoms. The van der Waals surface area contributed by atoms with Crippen LogP contribution in [0.15, 0.2) is 24.3 Å². The molecule has 6 heteroatoms. The van der Waals surface area contributed by atoms with Gasteiger partial charge in [0, 0.05) is 13.0 Å². The first kappa shape index (κ1) is 35.3. The van der Waals surface area contributed by atoms with E-state index in [0.717, 1.165) is 51.5 Å². The van der Waals surface area contributed by atoms with Crippen LogP contribution in [0.1, 0.15) is 135 Å². The number of nitrogens with zero attached hydrogens (tertiary/aromatic N) is 1. The van der Waals surface area contributed by atoms with E-state index in [2.05, 4.69) is 36.1 Å². The van der Waals surface area contributed by atoms with Gasteiger partial charge in [0.25, 0.3) is 0 Å². The van der Waals surface area contributed by atoms with Crippen molar-refractivity contribution in [3.8, 4) is 0 Å². The summed E-state index contributed by atoms with van der Waals surface area (Å²) in [5.74, 6) is 0. The Morgan fingerprint density at radius 1 is 0.583 bits per heavy atom. The largest absolute Gasteiger partial charge is 0.326 e. The number of hydrogen-bond donors (Lipinski definition) is 2. The molecule has 2 N–H and O–H groups in total. The van der Waals surface area contributed by atoms with Gasteiger partial charge in [-0.2, -0.15) is 0 Å². The normalized spacial score (nSPS) is 12.4. The summed E-state index contributed by atoms with van der Waals surface area (Å²) >= 11 is 0. The molecule has 0 aromatic rings. The topological polar surface area (TPSA) is 77.8 Å². The standard InChI is InChI=1S/C30H58NO4P/c1-2-3-4-5-6-7-8-9-10-11-12-13-14-17-20-23-26-31(28-30-36(33,34)35)27-24-21-18-15-16-19-22-25-29-32/h6-7,9-10,29H,2-5,8,11-28,30H2,1H3,(H2,33,34,35)/b7-6-,10-9-. The van der Waals surface area contributed by atoms with Crippen LogP contribution in [-0.4, -0.2) is 46.8 Å². The van der Waals surface area contributed by atoms with Crippen molar-refractivity contribution in [1.82, 2.24) is 4.90 Å². The molecule has 0 unspecified atom stereocenters. The molecule has 212 valence electrons. The Bertz CT molecular complexity index is 573. The van der Waals surface area contributed by atoms with E-state index >= 15 is 0 Å². The molecule has 0 aliphatic carbocycles. The lowest BCUT2D eigenvalue weighted by Crippen LogP contribution is -2.29. The summed E-state index contributed by atoms with van der Waals surface area (Å²) in [7, 11) is -3.93. The highest BCUT2D eigenvalue weighted by Crippen LogP contribution is 2.33. The van der Waals surface area contributed by atoms with Gasteiger partial charge in [0.1, 0.15) is 6.29 Å². The molecule has 0 rings (SSSR count). The van der Waals surface area contributed by atoms with Crippen LogP contribution in [0.2, 0.25) is 0 Å². The molecular weight excluding hydrogens is 469 g/mol. The lowest BCUT2D eigenvalue weighted by molar-refractivity contribution is -0.107. The van der Waals surface area contributed by atoms with E-state index < -0.39 is 7.60 Å². The zero-order chi connectivity index (χ0) is 26.6. The number of hydrogen-bond acceptors (Lipinski definition) is 3. The Morgan fingerprint density at radius 2 is 1.03 bits per heavy atom. The molecule has 0 atom stereocenters. The van der Waals surface area contributed by atoms with Crippen LogP contribution in [-0.2, 0) is 9.36 Å². The van der Waals surface area contributed by atoms with Crippen LogP contribution in [0.5, 0.6) is 0 Å². The lowest BCUT2D eigenvalue weighted by Gasteiger charge is -2.22. The van der Waals surface area contributed by atoms with Gasteiger partial charge in [-0.05, 0) is 64.5 Å². The molecule has 0 fully saturated rings. The first-order valence-corrected chi connectivity index (χ1v) is 16.8. The maximum atomic E-state index is 11.3. The molecule has 0 bridgehead atoms. The van der Waals surface area contributed by atoms with Crippen molar-refractivity contribution in [2.45, 2.75) is 135 Å². The van der Waals surface area contributed by atoms with Gasteiger partial charge in [-0.3, -0.25) is 4.57 Å². The van der Waals surface area contributed by atoms with Crippen molar-refractivity contribution in [3.63, 3.8) is 0 Å². The van der Waals surface area contributed by atoms with E-state index in [1.54, 1.807) is 0 Å². The predicted octanol–water partition coefficient (Wildman–Crippen LogP) is 8.60. The summed E-state index contributed by atoms with van der Waals surface area (Å²) in [4.78, 5) is 31.1. The minimum Gasteiger partial charge on any atom is -0.324 e. The second-order valence-corrected chi connectivity index (χ2v) is 12.0. The van der Waals surface area contributed by atoms with Crippen LogP contribution < -0.4 is 0 Å². The van der Waals surface area contributed by atoms with Crippen LogP contribution in [0, 0.1) is 0 Å². The third kappa shape index (κ3) is 29.5. The number of carbonyl (C=O) groups is 1. The van der Waals surface area contributed by atoms with E-state index in [-0.39, 0.29) is 6.16 Å². The second-order valence-electron chi connectivity index (χ2n) is 10.2. The zero-order valence-corrected chi connectivity index (χ0v) is 24.4. The number of unbranched alkanes of at least 4 members (excludes halogenated alkanes) is 16. The third-order valence-electron chi connectivity index (χ3n) is 6.68. The Hall–Kier alpha value is -0.740. The third-order valence-corrected chi connectivity index (χ3v) is 7.46. The van der Waals surface area contributed by atoms with Gasteiger partial charge in [-0.25, -0.2) is 0 Å². The number of allylic oxidation sites excluding steroid dienone is 4. The van der Waals surface area contributed by atoms with Crippen LogP contribution >= 0.6 is 7.60 Å². The average Bonchev–Trinajstić information content (AvgIpc) is 2.84. The van der Waals surface area contributed by atoms with Crippen molar-refractivity contribution in [2.24, 2.45) is 0 Å². The fourth-order valence-electron chi connectivity index (χ4n) is 4.38. The SMILES string of the molecule is CCCCC/C=C\C/C=C\CCCCCCCCN(CCCCCCCCCC=O)CCP(=O)(O)O. The molecule has 36 heavy (non-hydrogen) atoms. The van der Waals surface area contributed by atoms with Gasteiger partial charge in [-0.15, -0.1) is 0 Å². The van der Waals surface area contributed by atoms with Gasteiger partial charge in [0.05, 0.1) is 6.16 Å². The predicted molar refractivity (Wildman–Crippen MR) is 156 cm³/mol. The molecule has 0 aromatic heterocycles. The van der Waals surface area contributed by atoms with E-state index in [4.69, 9.17) is 0 Å². The number of aldehydes is 1. The second kappa shape index (κ2) is 27.3. The summed E-state index contributed by atoms with van der Waals surface area (Å²) in [6.45, 7) is 4.62. The summed E-state index contributed by atoms with van der Waals surface area (Å²) in [5, 5.41) is 0. The Labute approximate surface area is 223 Å². The van der Waals surface area contributed by atoms with Gasteiger partial charge in [-0.1, -0.05) is 102 Å². The summed E-state index contributed by atoms with van der Waals surface area (Å²) in [5.41, 5.74) is 0. The summed E-state index contributed by atoms with van der Waals surface area (Å²) in [6.07, 6.45) is 33.7. The number of rotatable bonds is 28. The van der Waals surface area contributed by atoms with E-state index in [0.29, 0.717) is 13.0 Å². The van der Waals surface area contributed by atoms with Gasteiger partial charge in [0.15, 0.2) is 0 Å². The average molecular weight is 528 g/mol. The van der Waals surface area contributed by atoms with Gasteiger partial charge < -0.3 is 19.5 Å². The molecule has 0 saturated heterocycles. The van der Waals surface area contributed by atoms with E-state index in [9.17, 15) is 19.1 Å². The summed E-state index contributed by atoms with van der Waals surface area (Å²) < 4.78 is 11.3. The smallest absolute Gasteiger partial charge is 0.324 e. The lowest BCUT2D eigenvalue weighted by atomic mass is 10.1. The monoisotopic (exact) mass is 527 g/mol. The van der Waals surface area contributed by atoms with E-state index in [1.807, 2.05) is 0 Å². The maximum absolute atomic E-state index is 11.3. The van der Waals surface area contributed by atoms with E-state index in [1.165, 1.54) is 89.9 Å². The van der Waals surface area contributed by atoms with Crippen LogP contribution in [0.3, 0.4) is 0 Å². The molecule has 0 saturated carbocycles. The fraction of sp³-hybridized carbons (Fsp3) is 0.833. The Kier molecular flexibility index (Phi) is 26.7. The molecule has 0 aliphatic heterocycles. The highest BCUT2D eigenvalue weighted by Gasteiger charge is 2.15. The van der Waals surface area contributed by atoms with Crippen LogP contribution in [0.4, 0.5) is 0 Å². The van der Waals surface area contributed by atoms with Crippen molar-refractivity contribution in [1.29, 1.82) is 0 Å². The van der Waals surface area contributed by atoms with Crippen LogP contribution in [0.25, 0.3) is 0 Å². The fourth-order valence-corrected chi connectivity index (χ4v) is 4.92. The van der Waals surface area contributed by atoms with Crippen molar-refractivity contribution >= 4 is 13.9 Å². The highest BCUT2D eigenvalue weighted by molar-refractivity contribution is 7.51. The maximum Gasteiger partial charge on any atom is 0.326 e. The molecule has 0 aliphatic rings. The minimum absolute atomic E-state index is 0.0358. The highest BCUT2D eigenvalue weighted by atomic mass is 31.2. The molecule has 0 heterocycles.